The predicted octanol–water partition coefficient (Wildman–Crippen LogP) is 2.98. The van der Waals surface area contributed by atoms with Crippen molar-refractivity contribution in [3.05, 3.63) is 35.5 Å². The van der Waals surface area contributed by atoms with Crippen molar-refractivity contribution < 1.29 is 17.6 Å². The minimum Gasteiger partial charge on any atom is -0.406 e. The Bertz CT molecular complexity index is 615. The van der Waals surface area contributed by atoms with Crippen LogP contribution >= 0.6 is 0 Å². The van der Waals surface area contributed by atoms with Crippen molar-refractivity contribution in [2.45, 2.75) is 20.4 Å². The molecule has 1 aromatic heterocycles. The van der Waals surface area contributed by atoms with Gasteiger partial charge in [-0.05, 0) is 12.5 Å². The molecule has 0 saturated heterocycles. The van der Waals surface area contributed by atoms with Gasteiger partial charge in [-0.2, -0.15) is 0 Å². The van der Waals surface area contributed by atoms with E-state index in [1.165, 1.54) is 0 Å². The van der Waals surface area contributed by atoms with Gasteiger partial charge in [0.25, 0.3) is 0 Å². The molecule has 0 atom stereocenters. The molecule has 0 spiro atoms. The van der Waals surface area contributed by atoms with Crippen molar-refractivity contribution in [1.82, 2.24) is 15.5 Å². The Labute approximate surface area is 119 Å². The van der Waals surface area contributed by atoms with Crippen LogP contribution in [0, 0.1) is 23.4 Å². The number of benzene rings is 1. The van der Waals surface area contributed by atoms with E-state index in [1.54, 1.807) is 0 Å². The molecule has 0 fully saturated rings. The first-order chi connectivity index (χ1) is 9.95. The summed E-state index contributed by atoms with van der Waals surface area (Å²) in [6, 6.07) is 1.03. The molecule has 2 aromatic rings. The molecule has 0 unspecified atom stereocenters. The number of anilines is 2. The van der Waals surface area contributed by atoms with Crippen LogP contribution in [-0.4, -0.2) is 16.7 Å². The summed E-state index contributed by atoms with van der Waals surface area (Å²) in [6.45, 7) is 5.26. The van der Waals surface area contributed by atoms with Crippen LogP contribution < -0.4 is 10.6 Å². The number of nitrogens with one attached hydrogen (secondary N) is 2. The quantitative estimate of drug-likeness (QED) is 0.803. The highest BCUT2D eigenvalue weighted by molar-refractivity contribution is 5.52. The number of nitrogens with zero attached hydrogens (tertiary/aromatic N) is 2. The smallest absolute Gasteiger partial charge is 0.320 e. The maximum atomic E-state index is 13.4. The molecule has 2 N–H and O–H groups in total. The van der Waals surface area contributed by atoms with Crippen molar-refractivity contribution in [1.29, 1.82) is 0 Å². The first-order valence-corrected chi connectivity index (χ1v) is 6.40. The van der Waals surface area contributed by atoms with Gasteiger partial charge < -0.3 is 15.1 Å². The van der Waals surface area contributed by atoms with E-state index in [0.717, 1.165) is 6.54 Å². The summed E-state index contributed by atoms with van der Waals surface area (Å²) in [5.74, 6) is -2.60. The molecule has 0 aliphatic rings. The summed E-state index contributed by atoms with van der Waals surface area (Å²) in [6.07, 6.45) is 0. The van der Waals surface area contributed by atoms with Gasteiger partial charge in [0, 0.05) is 12.1 Å². The SMILES string of the molecule is CC(C)CNCc1nnc(Nc2cc(F)c(F)cc2F)o1. The van der Waals surface area contributed by atoms with Crippen LogP contribution in [0.5, 0.6) is 0 Å². The topological polar surface area (TPSA) is 63.0 Å². The zero-order chi connectivity index (χ0) is 15.4. The van der Waals surface area contributed by atoms with E-state index in [0.29, 0.717) is 30.5 Å². The van der Waals surface area contributed by atoms with Crippen LogP contribution in [-0.2, 0) is 6.54 Å². The maximum Gasteiger partial charge on any atom is 0.320 e. The number of halogens is 3. The van der Waals surface area contributed by atoms with E-state index in [4.69, 9.17) is 4.42 Å². The van der Waals surface area contributed by atoms with E-state index < -0.39 is 17.5 Å². The minimum absolute atomic E-state index is 0.0961. The van der Waals surface area contributed by atoms with Crippen LogP contribution in [0.2, 0.25) is 0 Å². The molecule has 8 heteroatoms. The third-order valence-corrected chi connectivity index (χ3v) is 2.55. The molecule has 21 heavy (non-hydrogen) atoms. The van der Waals surface area contributed by atoms with Gasteiger partial charge in [-0.1, -0.05) is 18.9 Å². The summed E-state index contributed by atoms with van der Waals surface area (Å²) in [4.78, 5) is 0. The molecule has 114 valence electrons. The largest absolute Gasteiger partial charge is 0.406 e. The lowest BCUT2D eigenvalue weighted by molar-refractivity contribution is 0.459. The minimum atomic E-state index is -1.26. The average molecular weight is 300 g/mol. The molecular weight excluding hydrogens is 285 g/mol. The number of rotatable bonds is 6. The van der Waals surface area contributed by atoms with Crippen molar-refractivity contribution in [3.63, 3.8) is 0 Å². The lowest BCUT2D eigenvalue weighted by Crippen LogP contribution is -2.19. The van der Waals surface area contributed by atoms with Gasteiger partial charge in [0.1, 0.15) is 5.82 Å². The molecule has 0 radical (unpaired) electrons. The number of hydrogen-bond acceptors (Lipinski definition) is 5. The lowest BCUT2D eigenvalue weighted by Gasteiger charge is -2.04. The molecule has 0 aliphatic carbocycles. The summed E-state index contributed by atoms with van der Waals surface area (Å²) < 4.78 is 44.5. The van der Waals surface area contributed by atoms with E-state index >= 15 is 0 Å². The van der Waals surface area contributed by atoms with Crippen LogP contribution in [0.1, 0.15) is 19.7 Å². The molecule has 0 saturated carbocycles. The maximum absolute atomic E-state index is 13.4. The Morgan fingerprint density at radius 3 is 2.52 bits per heavy atom. The molecule has 0 amide bonds. The fourth-order valence-electron chi connectivity index (χ4n) is 1.58. The molecule has 1 heterocycles. The Balaban J connectivity index is 2.01. The zero-order valence-electron chi connectivity index (χ0n) is 11.6. The highest BCUT2D eigenvalue weighted by atomic mass is 19.2. The Morgan fingerprint density at radius 2 is 1.81 bits per heavy atom. The fourth-order valence-corrected chi connectivity index (χ4v) is 1.58. The predicted molar refractivity (Wildman–Crippen MR) is 70.4 cm³/mol. The first kappa shape index (κ1) is 15.3. The first-order valence-electron chi connectivity index (χ1n) is 6.40. The van der Waals surface area contributed by atoms with Crippen LogP contribution in [0.15, 0.2) is 16.5 Å². The van der Waals surface area contributed by atoms with Gasteiger partial charge >= 0.3 is 6.01 Å². The summed E-state index contributed by atoms with van der Waals surface area (Å²) in [5.41, 5.74) is -0.278. The van der Waals surface area contributed by atoms with Gasteiger partial charge in [0.2, 0.25) is 5.89 Å². The van der Waals surface area contributed by atoms with Crippen molar-refractivity contribution >= 4 is 11.7 Å². The van der Waals surface area contributed by atoms with Crippen LogP contribution in [0.25, 0.3) is 0 Å². The Kier molecular flexibility index (Phi) is 4.79. The number of aromatic nitrogens is 2. The van der Waals surface area contributed by atoms with Gasteiger partial charge in [-0.15, -0.1) is 5.10 Å². The lowest BCUT2D eigenvalue weighted by atomic mass is 10.2. The van der Waals surface area contributed by atoms with Gasteiger partial charge in [-0.25, -0.2) is 13.2 Å². The summed E-state index contributed by atoms with van der Waals surface area (Å²) in [5, 5.41) is 12.9. The van der Waals surface area contributed by atoms with E-state index in [1.807, 2.05) is 0 Å². The van der Waals surface area contributed by atoms with E-state index in [-0.39, 0.29) is 11.7 Å². The van der Waals surface area contributed by atoms with Gasteiger partial charge in [-0.3, -0.25) is 0 Å². The van der Waals surface area contributed by atoms with E-state index in [2.05, 4.69) is 34.7 Å². The van der Waals surface area contributed by atoms with E-state index in [9.17, 15) is 13.2 Å². The summed E-state index contributed by atoms with van der Waals surface area (Å²) >= 11 is 0. The second-order valence-corrected chi connectivity index (χ2v) is 4.90. The normalized spacial score (nSPS) is 11.1. The van der Waals surface area contributed by atoms with Crippen LogP contribution in [0.3, 0.4) is 0 Å². The molecular formula is C13H15F3N4O. The van der Waals surface area contributed by atoms with Crippen molar-refractivity contribution in [3.8, 4) is 0 Å². The Morgan fingerprint density at radius 1 is 1.10 bits per heavy atom. The van der Waals surface area contributed by atoms with Crippen molar-refractivity contribution in [2.24, 2.45) is 5.92 Å². The third-order valence-electron chi connectivity index (χ3n) is 2.55. The van der Waals surface area contributed by atoms with Crippen molar-refractivity contribution in [2.75, 3.05) is 11.9 Å². The second kappa shape index (κ2) is 6.57. The molecule has 0 aliphatic heterocycles. The monoisotopic (exact) mass is 300 g/mol. The highest BCUT2D eigenvalue weighted by Gasteiger charge is 2.13. The van der Waals surface area contributed by atoms with Crippen LogP contribution in [0.4, 0.5) is 24.9 Å². The highest BCUT2D eigenvalue weighted by Crippen LogP contribution is 2.22. The molecule has 2 rings (SSSR count). The average Bonchev–Trinajstić information content (AvgIpc) is 2.83. The molecule has 1 aromatic carbocycles. The zero-order valence-corrected chi connectivity index (χ0v) is 11.6. The number of hydrogen-bond donors (Lipinski definition) is 2. The molecule has 5 nitrogen and oxygen atoms in total. The summed E-state index contributed by atoms with van der Waals surface area (Å²) in [7, 11) is 0. The van der Waals surface area contributed by atoms with Gasteiger partial charge in [0.05, 0.1) is 12.2 Å². The standard InChI is InChI=1S/C13H15F3N4O/c1-7(2)5-17-6-12-19-20-13(21-12)18-11-4-9(15)8(14)3-10(11)16/h3-4,7,17H,5-6H2,1-2H3,(H,18,20). The molecule has 0 bridgehead atoms. The Hall–Kier alpha value is -2.09. The second-order valence-electron chi connectivity index (χ2n) is 4.90. The fraction of sp³-hybridized carbons (Fsp3) is 0.385. The van der Waals surface area contributed by atoms with Gasteiger partial charge in [0.15, 0.2) is 11.6 Å². The third kappa shape index (κ3) is 4.19.